The van der Waals surface area contributed by atoms with Crippen molar-refractivity contribution in [1.29, 1.82) is 0 Å². The van der Waals surface area contributed by atoms with Gasteiger partial charge in [0.05, 0.1) is 11.5 Å². The standard InChI is InChI=1S/C12H14F3NO2/c1-2-3-4-8(11(17)18)9-7-16-6-5-10(9)12(13,14)15/h5-8H,2-4H2,1H3,(H,17,18). The number of pyridine rings is 1. The van der Waals surface area contributed by atoms with E-state index < -0.39 is 23.6 Å². The Labute approximate surface area is 103 Å². The zero-order valence-electron chi connectivity index (χ0n) is 9.87. The molecule has 0 aliphatic carbocycles. The van der Waals surface area contributed by atoms with Crippen LogP contribution in [-0.4, -0.2) is 16.1 Å². The maximum atomic E-state index is 12.8. The Morgan fingerprint density at radius 2 is 2.17 bits per heavy atom. The molecular weight excluding hydrogens is 247 g/mol. The molecule has 0 aliphatic heterocycles. The summed E-state index contributed by atoms with van der Waals surface area (Å²) in [5.41, 5.74) is -1.17. The number of nitrogens with zero attached hydrogens (tertiary/aromatic N) is 1. The van der Waals surface area contributed by atoms with Crippen molar-refractivity contribution in [2.24, 2.45) is 0 Å². The maximum absolute atomic E-state index is 12.8. The average Bonchev–Trinajstić information content (AvgIpc) is 2.28. The van der Waals surface area contributed by atoms with Crippen molar-refractivity contribution in [2.75, 3.05) is 0 Å². The number of alkyl halides is 3. The molecule has 100 valence electrons. The number of unbranched alkanes of at least 4 members (excludes halogenated alkanes) is 1. The maximum Gasteiger partial charge on any atom is 0.416 e. The minimum atomic E-state index is -4.56. The van der Waals surface area contributed by atoms with Gasteiger partial charge < -0.3 is 5.11 Å². The van der Waals surface area contributed by atoms with Gasteiger partial charge in [-0.05, 0) is 18.1 Å². The summed E-state index contributed by atoms with van der Waals surface area (Å²) in [5, 5.41) is 9.05. The Morgan fingerprint density at radius 3 is 2.67 bits per heavy atom. The molecule has 1 aromatic heterocycles. The Hall–Kier alpha value is -1.59. The minimum absolute atomic E-state index is 0.181. The lowest BCUT2D eigenvalue weighted by Gasteiger charge is -2.17. The Morgan fingerprint density at radius 1 is 1.50 bits per heavy atom. The first-order chi connectivity index (χ1) is 8.38. The fraction of sp³-hybridized carbons (Fsp3) is 0.500. The molecule has 0 radical (unpaired) electrons. The second kappa shape index (κ2) is 5.84. The third-order valence-electron chi connectivity index (χ3n) is 2.68. The molecule has 0 aliphatic rings. The largest absolute Gasteiger partial charge is 0.481 e. The van der Waals surface area contributed by atoms with Crippen LogP contribution in [0.4, 0.5) is 13.2 Å². The molecule has 1 rings (SSSR count). The van der Waals surface area contributed by atoms with Crippen LogP contribution >= 0.6 is 0 Å². The number of hydrogen-bond donors (Lipinski definition) is 1. The number of aliphatic carboxylic acids is 1. The van der Waals surface area contributed by atoms with Gasteiger partial charge in [0.25, 0.3) is 0 Å². The average molecular weight is 261 g/mol. The van der Waals surface area contributed by atoms with Crippen LogP contribution in [0.1, 0.15) is 43.2 Å². The summed E-state index contributed by atoms with van der Waals surface area (Å²) < 4.78 is 38.3. The molecule has 0 saturated carbocycles. The van der Waals surface area contributed by atoms with E-state index >= 15 is 0 Å². The van der Waals surface area contributed by atoms with Gasteiger partial charge in [0.2, 0.25) is 0 Å². The number of carboxylic acids is 1. The second-order valence-electron chi connectivity index (χ2n) is 3.99. The van der Waals surface area contributed by atoms with Crippen molar-refractivity contribution in [3.63, 3.8) is 0 Å². The van der Waals surface area contributed by atoms with Gasteiger partial charge in [-0.2, -0.15) is 13.2 Å². The number of aromatic nitrogens is 1. The van der Waals surface area contributed by atoms with Crippen molar-refractivity contribution < 1.29 is 23.1 Å². The van der Waals surface area contributed by atoms with E-state index in [1.165, 1.54) is 0 Å². The summed E-state index contributed by atoms with van der Waals surface area (Å²) in [4.78, 5) is 14.7. The Kier molecular flexibility index (Phi) is 4.69. The van der Waals surface area contributed by atoms with Crippen molar-refractivity contribution in [3.8, 4) is 0 Å². The topological polar surface area (TPSA) is 50.2 Å². The van der Waals surface area contributed by atoms with Crippen molar-refractivity contribution in [3.05, 3.63) is 29.6 Å². The van der Waals surface area contributed by atoms with Gasteiger partial charge in [0.1, 0.15) is 0 Å². The van der Waals surface area contributed by atoms with Gasteiger partial charge >= 0.3 is 12.1 Å². The van der Waals surface area contributed by atoms with Crippen LogP contribution in [0.2, 0.25) is 0 Å². The lowest BCUT2D eigenvalue weighted by atomic mass is 9.91. The molecular formula is C12H14F3NO2. The second-order valence-corrected chi connectivity index (χ2v) is 3.99. The summed E-state index contributed by atoms with van der Waals surface area (Å²) in [7, 11) is 0. The summed E-state index contributed by atoms with van der Waals surface area (Å²) in [6.45, 7) is 1.85. The Bertz CT molecular complexity index is 418. The highest BCUT2D eigenvalue weighted by Gasteiger charge is 2.36. The zero-order valence-corrected chi connectivity index (χ0v) is 9.87. The minimum Gasteiger partial charge on any atom is -0.481 e. The van der Waals surface area contributed by atoms with E-state index in [0.717, 1.165) is 24.9 Å². The molecule has 6 heteroatoms. The Balaban J connectivity index is 3.16. The van der Waals surface area contributed by atoms with Crippen LogP contribution in [-0.2, 0) is 11.0 Å². The quantitative estimate of drug-likeness (QED) is 0.883. The summed E-state index contributed by atoms with van der Waals surface area (Å²) in [5.74, 6) is -2.41. The van der Waals surface area contributed by atoms with Gasteiger partial charge in [-0.25, -0.2) is 0 Å². The first-order valence-electron chi connectivity index (χ1n) is 5.61. The van der Waals surface area contributed by atoms with Gasteiger partial charge in [-0.3, -0.25) is 9.78 Å². The van der Waals surface area contributed by atoms with E-state index in [1.807, 2.05) is 6.92 Å². The van der Waals surface area contributed by atoms with E-state index in [2.05, 4.69) is 4.98 Å². The number of carboxylic acid groups (broad SMARTS) is 1. The lowest BCUT2D eigenvalue weighted by Crippen LogP contribution is -2.18. The van der Waals surface area contributed by atoms with Crippen LogP contribution in [0.3, 0.4) is 0 Å². The first kappa shape index (κ1) is 14.5. The number of hydrogen-bond acceptors (Lipinski definition) is 2. The third kappa shape index (κ3) is 3.45. The number of halogens is 3. The summed E-state index contributed by atoms with van der Waals surface area (Å²) in [6, 6.07) is 0.817. The lowest BCUT2D eigenvalue weighted by molar-refractivity contribution is -0.141. The van der Waals surface area contributed by atoms with E-state index in [-0.39, 0.29) is 12.0 Å². The predicted octanol–water partition coefficient (Wildman–Crippen LogP) is 3.46. The normalized spacial score (nSPS) is 13.3. The van der Waals surface area contributed by atoms with Gasteiger partial charge in [-0.15, -0.1) is 0 Å². The van der Waals surface area contributed by atoms with E-state index in [1.54, 1.807) is 0 Å². The smallest absolute Gasteiger partial charge is 0.416 e. The van der Waals surface area contributed by atoms with E-state index in [4.69, 9.17) is 5.11 Å². The highest BCUT2D eigenvalue weighted by atomic mass is 19.4. The van der Waals surface area contributed by atoms with Crippen molar-refractivity contribution >= 4 is 5.97 Å². The van der Waals surface area contributed by atoms with Gasteiger partial charge in [0.15, 0.2) is 0 Å². The molecule has 0 bridgehead atoms. The fourth-order valence-corrected chi connectivity index (χ4v) is 1.76. The van der Waals surface area contributed by atoms with Crippen LogP contribution in [0.15, 0.2) is 18.5 Å². The van der Waals surface area contributed by atoms with Crippen molar-refractivity contribution in [1.82, 2.24) is 4.98 Å². The van der Waals surface area contributed by atoms with Crippen molar-refractivity contribution in [2.45, 2.75) is 38.3 Å². The summed E-state index contributed by atoms with van der Waals surface area (Å²) in [6.07, 6.45) is -1.07. The molecule has 18 heavy (non-hydrogen) atoms. The molecule has 3 nitrogen and oxygen atoms in total. The fourth-order valence-electron chi connectivity index (χ4n) is 1.76. The van der Waals surface area contributed by atoms with Crippen LogP contribution < -0.4 is 0 Å². The highest BCUT2D eigenvalue weighted by molar-refractivity contribution is 5.76. The molecule has 0 fully saturated rings. The molecule has 1 aromatic rings. The third-order valence-corrected chi connectivity index (χ3v) is 2.68. The van der Waals surface area contributed by atoms with Gasteiger partial charge in [0, 0.05) is 12.4 Å². The molecule has 0 saturated heterocycles. The van der Waals surface area contributed by atoms with E-state index in [0.29, 0.717) is 6.42 Å². The van der Waals surface area contributed by atoms with Gasteiger partial charge in [-0.1, -0.05) is 19.8 Å². The molecule has 0 aromatic carbocycles. The molecule has 1 heterocycles. The molecule has 1 atom stereocenters. The molecule has 1 N–H and O–H groups in total. The van der Waals surface area contributed by atoms with Crippen LogP contribution in [0.25, 0.3) is 0 Å². The highest BCUT2D eigenvalue weighted by Crippen LogP contribution is 2.36. The van der Waals surface area contributed by atoms with Crippen LogP contribution in [0.5, 0.6) is 0 Å². The number of rotatable bonds is 5. The predicted molar refractivity (Wildman–Crippen MR) is 59.1 cm³/mol. The van der Waals surface area contributed by atoms with E-state index in [9.17, 15) is 18.0 Å². The first-order valence-corrected chi connectivity index (χ1v) is 5.61. The SMILES string of the molecule is CCCCC(C(=O)O)c1cnccc1C(F)(F)F. The molecule has 0 amide bonds. The summed E-state index contributed by atoms with van der Waals surface area (Å²) >= 11 is 0. The monoisotopic (exact) mass is 261 g/mol. The number of carbonyl (C=O) groups is 1. The van der Waals surface area contributed by atoms with Crippen LogP contribution in [0, 0.1) is 0 Å². The molecule has 1 unspecified atom stereocenters. The molecule has 0 spiro atoms. The zero-order chi connectivity index (χ0) is 13.8.